The Morgan fingerprint density at radius 1 is 0.857 bits per heavy atom. The van der Waals surface area contributed by atoms with Gasteiger partial charge in [-0.3, -0.25) is 9.69 Å². The predicted octanol–water partition coefficient (Wildman–Crippen LogP) is 11.7. The number of hydrogen-bond donors (Lipinski definition) is 2. The molecular formula is C63H98N2O10Si2. The Kier molecular flexibility index (Phi) is 21.7. The molecule has 4 aliphatic heterocycles. The Hall–Kier alpha value is -3.71. The summed E-state index contributed by atoms with van der Waals surface area (Å²) in [6.45, 7) is 37.9. The van der Waals surface area contributed by atoms with Crippen molar-refractivity contribution in [3.63, 3.8) is 0 Å². The first kappa shape index (κ1) is 62.5. The zero-order valence-corrected chi connectivity index (χ0v) is 51.5. The van der Waals surface area contributed by atoms with Crippen LogP contribution in [0.1, 0.15) is 142 Å². The number of amides is 2. The first-order valence-electron chi connectivity index (χ1n) is 29.0. The molecule has 77 heavy (non-hydrogen) atoms. The average Bonchev–Trinajstić information content (AvgIpc) is 3.67. The molecule has 12 atom stereocenters. The van der Waals surface area contributed by atoms with Crippen molar-refractivity contribution in [2.24, 2.45) is 11.8 Å². The molecule has 12 nitrogen and oxygen atoms in total. The second-order valence-corrected chi connectivity index (χ2v) is 34.1. The van der Waals surface area contributed by atoms with E-state index in [-0.39, 0.29) is 78.2 Å². The zero-order valence-electron chi connectivity index (χ0n) is 49.5. The van der Waals surface area contributed by atoms with Crippen molar-refractivity contribution in [3.05, 3.63) is 109 Å². The number of carbonyl (C=O) groups excluding carboxylic acids is 2. The van der Waals surface area contributed by atoms with Crippen LogP contribution in [0, 0.1) is 11.8 Å². The molecule has 0 aliphatic carbocycles. The molecule has 2 amide bonds. The number of hydrogen-bond acceptors (Lipinski definition) is 10. The van der Waals surface area contributed by atoms with Crippen molar-refractivity contribution in [1.82, 2.24) is 10.2 Å². The molecule has 0 spiro atoms. The highest BCUT2D eigenvalue weighted by molar-refractivity contribution is 6.99. The van der Waals surface area contributed by atoms with E-state index < -0.39 is 46.2 Å². The fourth-order valence-corrected chi connectivity index (χ4v) is 20.4. The number of nitrogens with one attached hydrogen (secondary N) is 1. The van der Waals surface area contributed by atoms with Crippen LogP contribution in [0.3, 0.4) is 0 Å². The fraction of sp³-hybridized carbons (Fsp3) is 0.651. The Morgan fingerprint density at radius 2 is 1.47 bits per heavy atom. The highest BCUT2D eigenvalue weighted by Crippen LogP contribution is 2.43. The maximum atomic E-state index is 14.2. The van der Waals surface area contributed by atoms with Crippen LogP contribution < -0.4 is 15.7 Å². The van der Waals surface area contributed by atoms with Crippen molar-refractivity contribution in [3.8, 4) is 0 Å². The maximum Gasteiger partial charge on any atom is 0.413 e. The average molecular weight is 1100 g/mol. The van der Waals surface area contributed by atoms with Gasteiger partial charge in [0, 0.05) is 24.7 Å². The normalized spacial score (nSPS) is 29.1. The lowest BCUT2D eigenvalue weighted by Gasteiger charge is -2.48. The van der Waals surface area contributed by atoms with E-state index >= 15 is 0 Å². The van der Waals surface area contributed by atoms with Crippen molar-refractivity contribution in [2.45, 2.75) is 237 Å². The van der Waals surface area contributed by atoms with Gasteiger partial charge in [-0.15, -0.1) is 6.58 Å². The van der Waals surface area contributed by atoms with Crippen molar-refractivity contribution >= 4 is 39.0 Å². The van der Waals surface area contributed by atoms with Gasteiger partial charge in [-0.25, -0.2) is 4.79 Å². The minimum Gasteiger partial charge on any atom is -0.444 e. The van der Waals surface area contributed by atoms with Gasteiger partial charge in [0.05, 0.1) is 74.1 Å². The van der Waals surface area contributed by atoms with E-state index in [4.69, 9.17) is 32.5 Å². The van der Waals surface area contributed by atoms with Crippen molar-refractivity contribution in [1.29, 1.82) is 0 Å². The summed E-state index contributed by atoms with van der Waals surface area (Å²) >= 11 is 0. The third-order valence-corrected chi connectivity index (χ3v) is 26.6. The standard InChI is InChI=1S/C63H98N2O10Si2/c1-17-28-48-35-43(5)36-49(70-48)38-50-39-51(74-77(62(12,13)14,52-29-23-21-24-30-52)53-31-25-22-26-32-53)40-56(71-50)54(41-66)64-57(67)34-27-33-55-45(7)59(75-76(18-2,19-3)20-4)46(8)58(72-55)44(6)37-47-42-69-63(15,16)65(47)60(68)73-61(9,10)11/h17,21-27,29-32,34,37,45-51,54-56,58-59,66H,1,5,18-20,28,33,35-36,38-42H2,2-4,6-16H3,(H,64,67)/b34-27+,44-37+/t45-,46-,47+,48-,49+,50+,51+,54+,55+,56+,58-,59-/m0/s1. The molecule has 2 aromatic rings. The molecule has 14 heteroatoms. The molecule has 6 rings (SSSR count). The summed E-state index contributed by atoms with van der Waals surface area (Å²) in [5, 5.41) is 16.5. The predicted molar refractivity (Wildman–Crippen MR) is 314 cm³/mol. The summed E-state index contributed by atoms with van der Waals surface area (Å²) in [6.07, 6.45) is 9.73. The molecule has 0 saturated carbocycles. The zero-order chi connectivity index (χ0) is 56.5. The Bertz CT molecular complexity index is 2260. The SMILES string of the molecule is C=CC[C@H]1CC(=C)C[C@H](C[C@@H]2C[C@@H](O[Si](c3ccccc3)(c3ccccc3)C(C)(C)C)C[C@H]([C@@H](CO)NC(=O)/C=C/C[C@H]3O[C@@H](/C(C)=C/[C@@H]4COC(C)(C)N4C(=O)OC(C)(C)C)[C@H](C)[C@@H](O[Si](CC)(CC)CC)[C@H]3C)O2)O1. The highest BCUT2D eigenvalue weighted by atomic mass is 28.4. The molecule has 4 saturated heterocycles. The molecule has 4 fully saturated rings. The Labute approximate surface area is 466 Å². The monoisotopic (exact) mass is 1100 g/mol. The van der Waals surface area contributed by atoms with Gasteiger partial charge in [-0.05, 0) is 119 Å². The third kappa shape index (κ3) is 15.4. The van der Waals surface area contributed by atoms with Crippen LogP contribution in [0.15, 0.2) is 109 Å². The van der Waals surface area contributed by atoms with E-state index in [1.54, 1.807) is 11.0 Å². The summed E-state index contributed by atoms with van der Waals surface area (Å²) in [7, 11) is -5.06. The van der Waals surface area contributed by atoms with E-state index in [1.165, 1.54) is 10.4 Å². The van der Waals surface area contributed by atoms with Gasteiger partial charge < -0.3 is 43.0 Å². The molecule has 2 aromatic carbocycles. The lowest BCUT2D eigenvalue weighted by atomic mass is 9.79. The van der Waals surface area contributed by atoms with Crippen LogP contribution in [0.2, 0.25) is 23.2 Å². The topological polar surface area (TPSA) is 134 Å². The second-order valence-electron chi connectivity index (χ2n) is 25.1. The van der Waals surface area contributed by atoms with Crippen LogP contribution in [-0.2, 0) is 37.3 Å². The van der Waals surface area contributed by atoms with Crippen molar-refractivity contribution in [2.75, 3.05) is 13.2 Å². The summed E-state index contributed by atoms with van der Waals surface area (Å²) < 4.78 is 47.9. The number of rotatable bonds is 21. The largest absolute Gasteiger partial charge is 0.444 e. The molecule has 0 unspecified atom stereocenters. The van der Waals surface area contributed by atoms with Crippen LogP contribution in [-0.4, -0.2) is 124 Å². The summed E-state index contributed by atoms with van der Waals surface area (Å²) in [5.41, 5.74) is 0.625. The van der Waals surface area contributed by atoms with Crippen LogP contribution in [0.5, 0.6) is 0 Å². The maximum absolute atomic E-state index is 14.2. The van der Waals surface area contributed by atoms with Crippen LogP contribution >= 0.6 is 0 Å². The van der Waals surface area contributed by atoms with E-state index in [9.17, 15) is 14.7 Å². The second kappa shape index (κ2) is 26.7. The summed E-state index contributed by atoms with van der Waals surface area (Å²) in [6, 6.07) is 23.3. The number of aliphatic hydroxyl groups excluding tert-OH is 1. The van der Waals surface area contributed by atoms with E-state index in [2.05, 4.69) is 148 Å². The minimum atomic E-state index is -2.99. The van der Waals surface area contributed by atoms with Gasteiger partial charge in [0.1, 0.15) is 11.3 Å². The molecule has 428 valence electrons. The highest BCUT2D eigenvalue weighted by Gasteiger charge is 2.53. The van der Waals surface area contributed by atoms with Gasteiger partial charge in [0.25, 0.3) is 8.32 Å². The Morgan fingerprint density at radius 3 is 2.03 bits per heavy atom. The van der Waals surface area contributed by atoms with Gasteiger partial charge in [0.2, 0.25) is 5.91 Å². The van der Waals surface area contributed by atoms with Gasteiger partial charge >= 0.3 is 6.09 Å². The number of carbonyl (C=O) groups is 2. The van der Waals surface area contributed by atoms with Gasteiger partial charge in [-0.1, -0.05) is 146 Å². The molecule has 4 heterocycles. The van der Waals surface area contributed by atoms with Crippen LogP contribution in [0.4, 0.5) is 4.79 Å². The summed E-state index contributed by atoms with van der Waals surface area (Å²) in [5.74, 6) is -0.290. The third-order valence-electron chi connectivity index (χ3n) is 16.9. The molecule has 0 radical (unpaired) electrons. The number of ether oxygens (including phenoxy) is 5. The Balaban J connectivity index is 1.25. The minimum absolute atomic E-state index is 0.0118. The smallest absolute Gasteiger partial charge is 0.413 e. The number of benzene rings is 2. The molecule has 2 N–H and O–H groups in total. The van der Waals surface area contributed by atoms with Gasteiger partial charge in [-0.2, -0.15) is 0 Å². The van der Waals surface area contributed by atoms with E-state index in [1.807, 2.05) is 46.8 Å². The van der Waals surface area contributed by atoms with E-state index in [0.29, 0.717) is 32.3 Å². The van der Waals surface area contributed by atoms with Gasteiger partial charge in [0.15, 0.2) is 8.32 Å². The van der Waals surface area contributed by atoms with Crippen molar-refractivity contribution < 1.29 is 47.2 Å². The lowest BCUT2D eigenvalue weighted by molar-refractivity contribution is -0.143. The summed E-state index contributed by atoms with van der Waals surface area (Å²) in [4.78, 5) is 29.5. The molecule has 0 aromatic heterocycles. The number of nitrogens with zero attached hydrogens (tertiary/aromatic N) is 1. The lowest BCUT2D eigenvalue weighted by Crippen LogP contribution is -2.68. The quantitative estimate of drug-likeness (QED) is 0.0707. The first-order chi connectivity index (χ1) is 36.3. The van der Waals surface area contributed by atoms with E-state index in [0.717, 1.165) is 48.5 Å². The van der Waals surface area contributed by atoms with Crippen LogP contribution in [0.25, 0.3) is 0 Å². The molecule has 0 bridgehead atoms. The number of aliphatic hydroxyl groups is 1. The molecular weight excluding hydrogens is 1000 g/mol. The fourth-order valence-electron chi connectivity index (χ4n) is 12.7. The molecule has 4 aliphatic rings. The first-order valence-corrected chi connectivity index (χ1v) is 33.4.